The molecule has 106 valence electrons. The van der Waals surface area contributed by atoms with Crippen LogP contribution in [-0.4, -0.2) is 33.7 Å². The van der Waals surface area contributed by atoms with Gasteiger partial charge in [-0.1, -0.05) is 20.8 Å². The van der Waals surface area contributed by atoms with Crippen molar-refractivity contribution >= 4 is 11.9 Å². The van der Waals surface area contributed by atoms with Crippen LogP contribution >= 0.6 is 0 Å². The average molecular weight is 267 g/mol. The van der Waals surface area contributed by atoms with Crippen molar-refractivity contribution in [3.63, 3.8) is 0 Å². The van der Waals surface area contributed by atoms with Crippen molar-refractivity contribution in [2.45, 2.75) is 40.2 Å². The molecule has 0 aliphatic carbocycles. The highest BCUT2D eigenvalue weighted by molar-refractivity contribution is 5.76. The van der Waals surface area contributed by atoms with E-state index in [-0.39, 0.29) is 11.9 Å². The highest BCUT2D eigenvalue weighted by Gasteiger charge is 2.22. The van der Waals surface area contributed by atoms with Crippen molar-refractivity contribution in [2.24, 2.45) is 5.92 Å². The van der Waals surface area contributed by atoms with Gasteiger partial charge in [-0.25, -0.2) is 9.78 Å². The molecule has 1 unspecified atom stereocenters. The Kier molecular flexibility index (Phi) is 5.54. The predicted molar refractivity (Wildman–Crippen MR) is 72.4 cm³/mol. The van der Waals surface area contributed by atoms with Crippen molar-refractivity contribution in [3.05, 3.63) is 11.8 Å². The van der Waals surface area contributed by atoms with E-state index in [1.54, 1.807) is 6.07 Å². The van der Waals surface area contributed by atoms with Gasteiger partial charge >= 0.3 is 5.97 Å². The monoisotopic (exact) mass is 267 g/mol. The summed E-state index contributed by atoms with van der Waals surface area (Å²) < 4.78 is 5.44. The first kappa shape index (κ1) is 15.2. The second-order valence-electron chi connectivity index (χ2n) is 4.72. The molecule has 0 fully saturated rings. The van der Waals surface area contributed by atoms with Gasteiger partial charge in [-0.05, 0) is 19.3 Å². The van der Waals surface area contributed by atoms with Gasteiger partial charge < -0.3 is 15.2 Å². The Morgan fingerprint density at radius 2 is 2.16 bits per heavy atom. The number of nitrogens with zero attached hydrogens (tertiary/aromatic N) is 2. The average Bonchev–Trinajstić information content (AvgIpc) is 2.32. The molecule has 0 saturated heterocycles. The summed E-state index contributed by atoms with van der Waals surface area (Å²) in [4.78, 5) is 19.5. The van der Waals surface area contributed by atoms with Crippen molar-refractivity contribution in [2.75, 3.05) is 11.9 Å². The van der Waals surface area contributed by atoms with E-state index in [0.29, 0.717) is 12.5 Å². The van der Waals surface area contributed by atoms with E-state index in [2.05, 4.69) is 15.3 Å². The Labute approximate surface area is 113 Å². The molecule has 1 aromatic heterocycles. The zero-order chi connectivity index (χ0) is 14.4. The largest absolute Gasteiger partial charge is 0.480 e. The van der Waals surface area contributed by atoms with Gasteiger partial charge in [0.25, 0.3) is 0 Å². The first-order valence-corrected chi connectivity index (χ1v) is 6.41. The van der Waals surface area contributed by atoms with Crippen LogP contribution in [0.25, 0.3) is 0 Å². The summed E-state index contributed by atoms with van der Waals surface area (Å²) in [5.74, 6) is -0.241. The number of aryl methyl sites for hydroxylation is 1. The highest BCUT2D eigenvalue weighted by atomic mass is 16.5. The molecule has 6 nitrogen and oxygen atoms in total. The summed E-state index contributed by atoms with van der Waals surface area (Å²) in [5.41, 5.74) is 0.733. The molecule has 19 heavy (non-hydrogen) atoms. The van der Waals surface area contributed by atoms with Gasteiger partial charge in [0.1, 0.15) is 6.04 Å². The lowest BCUT2D eigenvalue weighted by atomic mass is 10.1. The lowest BCUT2D eigenvalue weighted by Gasteiger charge is -2.18. The Balaban J connectivity index is 2.87. The van der Waals surface area contributed by atoms with Crippen LogP contribution in [-0.2, 0) is 4.79 Å². The van der Waals surface area contributed by atoms with E-state index < -0.39 is 12.0 Å². The standard InChI is InChI=1S/C13H21N3O3/c1-5-6-19-10-7-9(4)14-13(15-10)16-11(8(2)3)12(17)18/h7-8,11H,5-6H2,1-4H3,(H,17,18)(H,14,15,16). The summed E-state index contributed by atoms with van der Waals surface area (Å²) in [6.07, 6.45) is 0.884. The smallest absolute Gasteiger partial charge is 0.326 e. The van der Waals surface area contributed by atoms with Crippen LogP contribution in [0, 0.1) is 12.8 Å². The number of hydrogen-bond donors (Lipinski definition) is 2. The first-order chi connectivity index (χ1) is 8.93. The molecule has 0 aliphatic rings. The van der Waals surface area contributed by atoms with Gasteiger partial charge in [0, 0.05) is 11.8 Å². The fourth-order valence-electron chi connectivity index (χ4n) is 1.54. The Hall–Kier alpha value is -1.85. The molecule has 1 atom stereocenters. The Morgan fingerprint density at radius 1 is 1.47 bits per heavy atom. The lowest BCUT2D eigenvalue weighted by molar-refractivity contribution is -0.138. The first-order valence-electron chi connectivity index (χ1n) is 6.41. The van der Waals surface area contributed by atoms with E-state index in [0.717, 1.165) is 12.1 Å². The van der Waals surface area contributed by atoms with Crippen LogP contribution in [0.4, 0.5) is 5.95 Å². The minimum atomic E-state index is -0.920. The molecule has 1 rings (SSSR count). The van der Waals surface area contributed by atoms with Gasteiger partial charge in [0.15, 0.2) is 0 Å². The molecule has 0 aromatic carbocycles. The summed E-state index contributed by atoms with van der Waals surface area (Å²) >= 11 is 0. The molecule has 0 aliphatic heterocycles. The third-order valence-electron chi connectivity index (χ3n) is 2.50. The van der Waals surface area contributed by atoms with Gasteiger partial charge in [-0.15, -0.1) is 0 Å². The SMILES string of the molecule is CCCOc1cc(C)nc(NC(C(=O)O)C(C)C)n1. The molecular weight excluding hydrogens is 246 g/mol. The van der Waals surface area contributed by atoms with Crippen LogP contribution in [0.5, 0.6) is 5.88 Å². The molecule has 0 amide bonds. The maximum absolute atomic E-state index is 11.1. The minimum absolute atomic E-state index is 0.0679. The molecule has 1 aromatic rings. The number of rotatable bonds is 7. The molecule has 0 spiro atoms. The number of aliphatic carboxylic acids is 1. The van der Waals surface area contributed by atoms with Gasteiger partial charge in [-0.2, -0.15) is 4.98 Å². The molecule has 0 bridgehead atoms. The zero-order valence-electron chi connectivity index (χ0n) is 11.8. The fourth-order valence-corrected chi connectivity index (χ4v) is 1.54. The van der Waals surface area contributed by atoms with Gasteiger partial charge in [0.05, 0.1) is 6.61 Å². The zero-order valence-corrected chi connectivity index (χ0v) is 11.8. The normalized spacial score (nSPS) is 12.3. The molecule has 6 heteroatoms. The van der Waals surface area contributed by atoms with Crippen molar-refractivity contribution in [3.8, 4) is 5.88 Å². The maximum atomic E-state index is 11.1. The van der Waals surface area contributed by atoms with Crippen molar-refractivity contribution in [1.82, 2.24) is 9.97 Å². The molecule has 0 saturated carbocycles. The maximum Gasteiger partial charge on any atom is 0.326 e. The molecular formula is C13H21N3O3. The number of nitrogens with one attached hydrogen (secondary N) is 1. The second kappa shape index (κ2) is 6.92. The van der Waals surface area contributed by atoms with Crippen LogP contribution in [0.2, 0.25) is 0 Å². The summed E-state index contributed by atoms with van der Waals surface area (Å²) in [5, 5.41) is 12.0. The van der Waals surface area contributed by atoms with E-state index in [9.17, 15) is 4.79 Å². The number of carbonyl (C=O) groups is 1. The van der Waals surface area contributed by atoms with Gasteiger partial charge in [-0.3, -0.25) is 0 Å². The number of anilines is 1. The summed E-state index contributed by atoms with van der Waals surface area (Å²) in [6, 6.07) is 1.01. The number of hydrogen-bond acceptors (Lipinski definition) is 5. The fraction of sp³-hybridized carbons (Fsp3) is 0.615. The lowest BCUT2D eigenvalue weighted by Crippen LogP contribution is -2.35. The topological polar surface area (TPSA) is 84.3 Å². The quantitative estimate of drug-likeness (QED) is 0.787. The molecule has 1 heterocycles. The predicted octanol–water partition coefficient (Wildman–Crippen LogP) is 2.09. The van der Waals surface area contributed by atoms with E-state index in [1.807, 2.05) is 27.7 Å². The van der Waals surface area contributed by atoms with Crippen LogP contribution < -0.4 is 10.1 Å². The highest BCUT2D eigenvalue weighted by Crippen LogP contribution is 2.15. The van der Waals surface area contributed by atoms with E-state index in [4.69, 9.17) is 9.84 Å². The number of carboxylic acids is 1. The number of carboxylic acid groups (broad SMARTS) is 1. The van der Waals surface area contributed by atoms with Crippen molar-refractivity contribution in [1.29, 1.82) is 0 Å². The Morgan fingerprint density at radius 3 is 2.68 bits per heavy atom. The Bertz CT molecular complexity index is 435. The minimum Gasteiger partial charge on any atom is -0.480 e. The second-order valence-corrected chi connectivity index (χ2v) is 4.72. The number of aromatic nitrogens is 2. The van der Waals surface area contributed by atoms with Crippen LogP contribution in [0.15, 0.2) is 6.07 Å². The summed E-state index contributed by atoms with van der Waals surface area (Å²) in [6.45, 7) is 8.05. The van der Waals surface area contributed by atoms with E-state index >= 15 is 0 Å². The summed E-state index contributed by atoms with van der Waals surface area (Å²) in [7, 11) is 0. The third-order valence-corrected chi connectivity index (χ3v) is 2.50. The molecule has 2 N–H and O–H groups in total. The van der Waals surface area contributed by atoms with Crippen molar-refractivity contribution < 1.29 is 14.6 Å². The van der Waals surface area contributed by atoms with Crippen LogP contribution in [0.3, 0.4) is 0 Å². The van der Waals surface area contributed by atoms with Gasteiger partial charge in [0.2, 0.25) is 11.8 Å². The van der Waals surface area contributed by atoms with Crippen LogP contribution in [0.1, 0.15) is 32.9 Å². The molecule has 0 radical (unpaired) electrons. The van der Waals surface area contributed by atoms with E-state index in [1.165, 1.54) is 0 Å². The third kappa shape index (κ3) is 4.73. The number of ether oxygens (including phenoxy) is 1.